The lowest BCUT2D eigenvalue weighted by Crippen LogP contribution is -2.33. The normalized spacial score (nSPS) is 20.2. The highest BCUT2D eigenvalue weighted by molar-refractivity contribution is 6.35. The molecule has 140 valence electrons. The molecule has 0 spiro atoms. The summed E-state index contributed by atoms with van der Waals surface area (Å²) in [6.45, 7) is 0. The van der Waals surface area contributed by atoms with Gasteiger partial charge in [-0.05, 0) is 29.8 Å². The van der Waals surface area contributed by atoms with Gasteiger partial charge in [-0.15, -0.1) is 0 Å². The standard InChI is InChI=1S/C22H15Cl3N2O/c23-15-8-6-13(7-9-15)19-12-20-17-10-16(24)11-18(25)21(17)28-22(27(20)26-19)14-4-2-1-3-5-14/h1-11,20,22H,12H2/t20-,22-/m1/s1. The number of hydrazone groups is 1. The van der Waals surface area contributed by atoms with Crippen molar-refractivity contribution in [1.29, 1.82) is 0 Å². The van der Waals surface area contributed by atoms with Gasteiger partial charge in [0.25, 0.3) is 0 Å². The van der Waals surface area contributed by atoms with Crippen molar-refractivity contribution in [2.45, 2.75) is 18.7 Å². The number of hydrogen-bond acceptors (Lipinski definition) is 3. The Hall–Kier alpha value is -2.20. The highest BCUT2D eigenvalue weighted by Crippen LogP contribution is 2.50. The summed E-state index contributed by atoms with van der Waals surface area (Å²) in [7, 11) is 0. The molecule has 3 nitrogen and oxygen atoms in total. The molecule has 3 aromatic carbocycles. The van der Waals surface area contributed by atoms with E-state index >= 15 is 0 Å². The van der Waals surface area contributed by atoms with Gasteiger partial charge in [0.05, 0.1) is 16.8 Å². The number of ether oxygens (including phenoxy) is 1. The summed E-state index contributed by atoms with van der Waals surface area (Å²) >= 11 is 18.8. The SMILES string of the molecule is Clc1ccc(C2=NN3[C@H](C2)c2cc(Cl)cc(Cl)c2O[C@@H]3c2ccccc2)cc1. The number of halogens is 3. The topological polar surface area (TPSA) is 24.8 Å². The molecule has 6 heteroatoms. The molecule has 0 radical (unpaired) electrons. The maximum Gasteiger partial charge on any atom is 0.213 e. The number of benzene rings is 3. The van der Waals surface area contributed by atoms with Gasteiger partial charge >= 0.3 is 0 Å². The van der Waals surface area contributed by atoms with Gasteiger partial charge in [0.15, 0.2) is 0 Å². The van der Waals surface area contributed by atoms with Crippen LogP contribution in [-0.4, -0.2) is 10.7 Å². The fraction of sp³-hybridized carbons (Fsp3) is 0.136. The third kappa shape index (κ3) is 3.04. The zero-order valence-corrected chi connectivity index (χ0v) is 16.9. The first-order chi connectivity index (χ1) is 13.6. The van der Waals surface area contributed by atoms with E-state index in [1.807, 2.05) is 65.7 Å². The lowest BCUT2D eigenvalue weighted by molar-refractivity contribution is -0.0189. The molecule has 3 aromatic rings. The van der Waals surface area contributed by atoms with E-state index in [1.54, 1.807) is 6.07 Å². The summed E-state index contributed by atoms with van der Waals surface area (Å²) in [5.74, 6) is 0.675. The van der Waals surface area contributed by atoms with Crippen molar-refractivity contribution in [3.63, 3.8) is 0 Å². The van der Waals surface area contributed by atoms with Crippen molar-refractivity contribution in [3.05, 3.63) is 98.5 Å². The Morgan fingerprint density at radius 3 is 2.39 bits per heavy atom. The lowest BCUT2D eigenvalue weighted by atomic mass is 9.96. The molecule has 0 bridgehead atoms. The molecule has 28 heavy (non-hydrogen) atoms. The molecule has 5 rings (SSSR count). The van der Waals surface area contributed by atoms with Gasteiger partial charge in [-0.25, -0.2) is 5.01 Å². The molecule has 0 N–H and O–H groups in total. The van der Waals surface area contributed by atoms with Gasteiger partial charge in [0.2, 0.25) is 6.23 Å². The molecular formula is C22H15Cl3N2O. The number of hydrogen-bond donors (Lipinski definition) is 0. The van der Waals surface area contributed by atoms with Crippen LogP contribution in [0.15, 0.2) is 71.8 Å². The van der Waals surface area contributed by atoms with Gasteiger partial charge in [-0.1, -0.05) is 77.3 Å². The summed E-state index contributed by atoms with van der Waals surface area (Å²) in [5, 5.41) is 8.74. The predicted molar refractivity (Wildman–Crippen MR) is 113 cm³/mol. The smallest absolute Gasteiger partial charge is 0.213 e. The predicted octanol–water partition coefficient (Wildman–Crippen LogP) is 6.89. The highest BCUT2D eigenvalue weighted by atomic mass is 35.5. The number of fused-ring (bicyclic) bond motifs is 3. The van der Waals surface area contributed by atoms with Gasteiger partial charge in [0, 0.05) is 27.6 Å². The quantitative estimate of drug-likeness (QED) is 0.443. The van der Waals surface area contributed by atoms with E-state index in [0.29, 0.717) is 20.8 Å². The fourth-order valence-electron chi connectivity index (χ4n) is 3.77. The van der Waals surface area contributed by atoms with Crippen LogP contribution in [0.25, 0.3) is 0 Å². The molecule has 2 aliphatic heterocycles. The molecule has 0 saturated carbocycles. The number of nitrogens with zero attached hydrogens (tertiary/aromatic N) is 2. The second-order valence-corrected chi connectivity index (χ2v) is 8.12. The van der Waals surface area contributed by atoms with Crippen LogP contribution in [0.2, 0.25) is 15.1 Å². The molecule has 2 heterocycles. The minimum Gasteiger partial charge on any atom is -0.463 e. The average molecular weight is 430 g/mol. The van der Waals surface area contributed by atoms with Crippen molar-refractivity contribution in [2.24, 2.45) is 5.10 Å². The molecule has 0 aliphatic carbocycles. The molecule has 0 amide bonds. The molecule has 0 aromatic heterocycles. The zero-order chi connectivity index (χ0) is 19.3. The monoisotopic (exact) mass is 428 g/mol. The Labute approximate surface area is 178 Å². The van der Waals surface area contributed by atoms with E-state index in [-0.39, 0.29) is 12.3 Å². The molecular weight excluding hydrogens is 415 g/mol. The summed E-state index contributed by atoms with van der Waals surface area (Å²) in [6.07, 6.45) is 0.375. The first-order valence-corrected chi connectivity index (χ1v) is 10.1. The van der Waals surface area contributed by atoms with E-state index in [0.717, 1.165) is 28.8 Å². The van der Waals surface area contributed by atoms with Crippen LogP contribution in [-0.2, 0) is 0 Å². The van der Waals surface area contributed by atoms with Gasteiger partial charge < -0.3 is 4.74 Å². The zero-order valence-electron chi connectivity index (χ0n) is 14.6. The average Bonchev–Trinajstić information content (AvgIpc) is 3.14. The lowest BCUT2D eigenvalue weighted by Gasteiger charge is -2.38. The largest absolute Gasteiger partial charge is 0.463 e. The Morgan fingerprint density at radius 2 is 1.64 bits per heavy atom. The van der Waals surface area contributed by atoms with Crippen molar-refractivity contribution in [3.8, 4) is 5.75 Å². The van der Waals surface area contributed by atoms with Gasteiger partial charge in [0.1, 0.15) is 5.75 Å². The van der Waals surface area contributed by atoms with Crippen molar-refractivity contribution >= 4 is 40.5 Å². The maximum absolute atomic E-state index is 6.48. The van der Waals surface area contributed by atoms with E-state index in [2.05, 4.69) is 0 Å². The van der Waals surface area contributed by atoms with E-state index in [4.69, 9.17) is 44.6 Å². The third-order valence-corrected chi connectivity index (χ3v) is 5.82. The van der Waals surface area contributed by atoms with Gasteiger partial charge in [-0.3, -0.25) is 0 Å². The summed E-state index contributed by atoms with van der Waals surface area (Å²) in [6, 6.07) is 21.4. The highest BCUT2D eigenvalue weighted by Gasteiger charge is 2.42. The van der Waals surface area contributed by atoms with E-state index in [1.165, 1.54) is 0 Å². The van der Waals surface area contributed by atoms with Crippen molar-refractivity contribution < 1.29 is 4.74 Å². The van der Waals surface area contributed by atoms with Crippen LogP contribution >= 0.6 is 34.8 Å². The van der Waals surface area contributed by atoms with Crippen LogP contribution in [0.3, 0.4) is 0 Å². The van der Waals surface area contributed by atoms with Gasteiger partial charge in [-0.2, -0.15) is 5.10 Å². The Balaban J connectivity index is 1.63. The summed E-state index contributed by atoms with van der Waals surface area (Å²) in [4.78, 5) is 0. The Morgan fingerprint density at radius 1 is 0.893 bits per heavy atom. The molecule has 2 atom stereocenters. The second kappa shape index (κ2) is 7.00. The first kappa shape index (κ1) is 17.9. The Bertz CT molecular complexity index is 1070. The Kier molecular flexibility index (Phi) is 4.47. The van der Waals surface area contributed by atoms with Crippen LogP contribution in [0.1, 0.15) is 35.4 Å². The van der Waals surface area contributed by atoms with Crippen LogP contribution in [0, 0.1) is 0 Å². The third-order valence-electron chi connectivity index (χ3n) is 5.07. The van der Waals surface area contributed by atoms with Crippen LogP contribution < -0.4 is 4.74 Å². The number of rotatable bonds is 2. The van der Waals surface area contributed by atoms with Crippen LogP contribution in [0.4, 0.5) is 0 Å². The molecule has 2 aliphatic rings. The first-order valence-electron chi connectivity index (χ1n) is 8.92. The van der Waals surface area contributed by atoms with E-state index < -0.39 is 0 Å². The molecule has 0 fully saturated rings. The molecule has 0 unspecified atom stereocenters. The molecule has 0 saturated heterocycles. The maximum atomic E-state index is 6.48. The summed E-state index contributed by atoms with van der Waals surface area (Å²) < 4.78 is 6.33. The van der Waals surface area contributed by atoms with Crippen molar-refractivity contribution in [1.82, 2.24) is 5.01 Å². The van der Waals surface area contributed by atoms with Crippen LogP contribution in [0.5, 0.6) is 5.75 Å². The minimum atomic E-state index is -0.359. The second-order valence-electron chi connectivity index (χ2n) is 6.84. The van der Waals surface area contributed by atoms with Crippen molar-refractivity contribution in [2.75, 3.05) is 0 Å². The van der Waals surface area contributed by atoms with E-state index in [9.17, 15) is 0 Å². The summed E-state index contributed by atoms with van der Waals surface area (Å²) in [5.41, 5.74) is 4.00. The fourth-order valence-corrected chi connectivity index (χ4v) is 4.45. The minimum absolute atomic E-state index is 0.00386.